The third-order valence-electron chi connectivity index (χ3n) is 12.4. The van der Waals surface area contributed by atoms with Crippen LogP contribution >= 0.6 is 0 Å². The van der Waals surface area contributed by atoms with Crippen molar-refractivity contribution in [3.63, 3.8) is 0 Å². The number of hydrogen-bond donors (Lipinski definition) is 8. The molecule has 9 heterocycles. The lowest BCUT2D eigenvalue weighted by Gasteiger charge is -2.30. The number of imidazole rings is 4. The first-order valence-corrected chi connectivity index (χ1v) is 22.2. The largest absolute Gasteiger partial charge is 0.388 e. The molecule has 1 aliphatic carbocycles. The summed E-state index contributed by atoms with van der Waals surface area (Å²) in [7, 11) is 3.85. The van der Waals surface area contributed by atoms with Crippen LogP contribution in [0, 0.1) is 0 Å². The van der Waals surface area contributed by atoms with Crippen molar-refractivity contribution in [2.45, 2.75) is 120 Å². The summed E-state index contributed by atoms with van der Waals surface area (Å²) in [4.78, 5) is 39.0. The van der Waals surface area contributed by atoms with Crippen LogP contribution < -0.4 is 21.3 Å². The highest BCUT2D eigenvalue weighted by Crippen LogP contribution is 2.40. The molecular formula is C40H54N20O6. The molecule has 350 valence electrons. The summed E-state index contributed by atoms with van der Waals surface area (Å²) < 4.78 is 19.2. The van der Waals surface area contributed by atoms with Crippen LogP contribution in [0.1, 0.15) is 75.3 Å². The second-order valence-electron chi connectivity index (χ2n) is 17.2. The van der Waals surface area contributed by atoms with Gasteiger partial charge in [0, 0.05) is 64.5 Å². The molecule has 4 unspecified atom stereocenters. The number of tetrazole rings is 1. The number of fused-ring (bicyclic) bond motifs is 2. The molecular weight excluding hydrogens is 857 g/mol. The normalized spacial score (nSPS) is 26.7. The van der Waals surface area contributed by atoms with E-state index in [4.69, 9.17) is 34.4 Å². The highest BCUT2D eigenvalue weighted by atomic mass is 16.6. The third-order valence-corrected chi connectivity index (χ3v) is 12.4. The number of anilines is 4. The molecule has 0 bridgehead atoms. The van der Waals surface area contributed by atoms with E-state index in [9.17, 15) is 20.4 Å². The third kappa shape index (κ3) is 8.57. The van der Waals surface area contributed by atoms with Gasteiger partial charge in [0.15, 0.2) is 52.5 Å². The van der Waals surface area contributed by atoms with E-state index in [2.05, 4.69) is 51.6 Å². The van der Waals surface area contributed by atoms with Gasteiger partial charge in [-0.15, -0.1) is 10.2 Å². The molecule has 7 aromatic rings. The molecule has 8 atom stereocenters. The van der Waals surface area contributed by atoms with Crippen molar-refractivity contribution in [1.29, 1.82) is 0 Å². The molecule has 0 radical (unpaired) electrons. The van der Waals surface area contributed by atoms with Crippen LogP contribution in [0.3, 0.4) is 0 Å². The Labute approximate surface area is 376 Å². The first-order valence-electron chi connectivity index (χ1n) is 22.2. The molecule has 26 heteroatoms. The van der Waals surface area contributed by atoms with Crippen molar-refractivity contribution in [3.8, 4) is 0 Å². The fourth-order valence-electron chi connectivity index (χ4n) is 8.79. The monoisotopic (exact) mass is 910 g/mol. The van der Waals surface area contributed by atoms with Gasteiger partial charge in [0.05, 0.1) is 49.3 Å². The predicted molar refractivity (Wildman–Crippen MR) is 235 cm³/mol. The standard InChI is InChI=1S/C40H54N20O6/c1-5-60-54-34(53-55-60)31-28(62)30(64)38(66-31)59-19-46-26-33(50-40(52-36(26)59)42-13-11-24-15-57(4)17-44-24)48-22-8-6-21(7-9-22)47-32-25-35(58(18-45-25)37-29(63)27(61)20(2)65-37)51-39(49-32)41-12-10-23-14-56(3)16-43-23/h14-22,27-31,37-38,61-64H,5-13H2,1-4H3,(H2,41,47,49,51)(H2,42,48,50,52)/t20?,21?,22?,27?,28-,29?,30+,31-,37?,38+/m0/s1. The summed E-state index contributed by atoms with van der Waals surface area (Å²) in [6, 6.07) is 0.0485. The number of nitrogens with zero attached hydrogens (tertiary/aromatic N) is 16. The van der Waals surface area contributed by atoms with Crippen LogP contribution in [0.5, 0.6) is 0 Å². The van der Waals surface area contributed by atoms with E-state index < -0.39 is 49.1 Å². The number of nitrogens with one attached hydrogen (secondary N) is 4. The molecule has 0 spiro atoms. The van der Waals surface area contributed by atoms with Crippen molar-refractivity contribution >= 4 is 45.9 Å². The highest BCUT2D eigenvalue weighted by molar-refractivity contribution is 5.85. The Hall–Kier alpha value is -6.45. The maximum atomic E-state index is 11.3. The minimum absolute atomic E-state index is 0.0160. The number of aromatic nitrogens is 16. The molecule has 26 nitrogen and oxygen atoms in total. The summed E-state index contributed by atoms with van der Waals surface area (Å²) >= 11 is 0. The topological polar surface area (TPSA) is 314 Å². The van der Waals surface area contributed by atoms with Crippen LogP contribution in [-0.4, -0.2) is 154 Å². The molecule has 0 amide bonds. The van der Waals surface area contributed by atoms with Crippen molar-refractivity contribution in [3.05, 3.63) is 54.9 Å². The second-order valence-corrected chi connectivity index (χ2v) is 17.2. The SMILES string of the molecule is CCn1nnc([C@H]2O[C@@H](n3cnc4c(NC5CCC(Nc6nc(NCCc7cn(C)cn7)nc7c6ncn7C6OC(C)C(O)C6O)CC5)nc(NCCc5cn(C)cn5)nc43)[C@H](O)[C@@H]2O)n1. The summed E-state index contributed by atoms with van der Waals surface area (Å²) in [5.74, 6) is 1.92. The fraction of sp³-hybridized carbons (Fsp3) is 0.575. The van der Waals surface area contributed by atoms with Crippen molar-refractivity contribution < 1.29 is 29.9 Å². The van der Waals surface area contributed by atoms with Crippen molar-refractivity contribution in [1.82, 2.24) is 78.3 Å². The minimum Gasteiger partial charge on any atom is -0.388 e. The Kier molecular flexibility index (Phi) is 11.9. The summed E-state index contributed by atoms with van der Waals surface area (Å²) in [5, 5.41) is 70.0. The smallest absolute Gasteiger partial charge is 0.226 e. The zero-order valence-electron chi connectivity index (χ0n) is 36.9. The Morgan fingerprint density at radius 3 is 1.62 bits per heavy atom. The molecule has 1 saturated carbocycles. The Balaban J connectivity index is 0.868. The van der Waals surface area contributed by atoms with Gasteiger partial charge in [-0.25, -0.2) is 19.9 Å². The summed E-state index contributed by atoms with van der Waals surface area (Å²) in [5.41, 5.74) is 3.66. The average molecular weight is 911 g/mol. The molecule has 2 saturated heterocycles. The summed E-state index contributed by atoms with van der Waals surface area (Å²) in [6.07, 6.45) is 6.43. The van der Waals surface area contributed by atoms with E-state index in [1.54, 1.807) is 35.0 Å². The quantitative estimate of drug-likeness (QED) is 0.0643. The number of rotatable bonds is 16. The number of aliphatic hydroxyl groups excluding tert-OH is 4. The number of aliphatic hydroxyl groups is 4. The highest BCUT2D eigenvalue weighted by Gasteiger charge is 2.47. The molecule has 3 fully saturated rings. The maximum absolute atomic E-state index is 11.3. The van der Waals surface area contributed by atoms with E-state index in [-0.39, 0.29) is 17.9 Å². The van der Waals surface area contributed by atoms with Crippen LogP contribution in [0.4, 0.5) is 23.5 Å². The first-order chi connectivity index (χ1) is 32.0. The maximum Gasteiger partial charge on any atom is 0.226 e. The van der Waals surface area contributed by atoms with Gasteiger partial charge in [-0.05, 0) is 44.7 Å². The first kappa shape index (κ1) is 43.4. The lowest BCUT2D eigenvalue weighted by Crippen LogP contribution is -2.33. The van der Waals surface area contributed by atoms with Crippen molar-refractivity contribution in [2.24, 2.45) is 14.1 Å². The predicted octanol–water partition coefficient (Wildman–Crippen LogP) is 0.215. The zero-order chi connectivity index (χ0) is 45.6. The molecule has 3 aliphatic rings. The van der Waals surface area contributed by atoms with Crippen LogP contribution in [0.25, 0.3) is 22.3 Å². The van der Waals surface area contributed by atoms with Gasteiger partial charge in [0.2, 0.25) is 17.7 Å². The van der Waals surface area contributed by atoms with Gasteiger partial charge in [0.1, 0.15) is 24.4 Å². The van der Waals surface area contributed by atoms with E-state index >= 15 is 0 Å². The Morgan fingerprint density at radius 1 is 0.652 bits per heavy atom. The average Bonchev–Trinajstić information content (AvgIpc) is 4.20. The van der Waals surface area contributed by atoms with Gasteiger partial charge in [0.25, 0.3) is 0 Å². The molecule has 7 aromatic heterocycles. The molecule has 66 heavy (non-hydrogen) atoms. The molecule has 2 aliphatic heterocycles. The lowest BCUT2D eigenvalue weighted by molar-refractivity contribution is -0.0384. The minimum atomic E-state index is -1.35. The van der Waals surface area contributed by atoms with Gasteiger partial charge >= 0.3 is 0 Å². The van der Waals surface area contributed by atoms with E-state index in [1.807, 2.05) is 42.5 Å². The zero-order valence-corrected chi connectivity index (χ0v) is 36.9. The van der Waals surface area contributed by atoms with Crippen LogP contribution in [-0.2, 0) is 43.0 Å². The van der Waals surface area contributed by atoms with Gasteiger partial charge < -0.3 is 60.3 Å². The molecule has 0 aromatic carbocycles. The number of ether oxygens (including phenoxy) is 2. The fourth-order valence-corrected chi connectivity index (χ4v) is 8.79. The van der Waals surface area contributed by atoms with Gasteiger partial charge in [-0.3, -0.25) is 9.13 Å². The van der Waals surface area contributed by atoms with Crippen molar-refractivity contribution in [2.75, 3.05) is 34.4 Å². The van der Waals surface area contributed by atoms with E-state index in [0.29, 0.717) is 78.3 Å². The molecule has 10 rings (SSSR count). The van der Waals surface area contributed by atoms with E-state index in [0.717, 1.165) is 37.1 Å². The number of aryl methyl sites for hydroxylation is 3. The summed E-state index contributed by atoms with van der Waals surface area (Å²) in [6.45, 7) is 5.09. The Bertz CT molecular complexity index is 2780. The van der Waals surface area contributed by atoms with E-state index in [1.165, 1.54) is 11.1 Å². The lowest BCUT2D eigenvalue weighted by atomic mass is 9.91. The molecule has 8 N–H and O–H groups in total. The van der Waals surface area contributed by atoms with Crippen LogP contribution in [0.15, 0.2) is 37.7 Å². The van der Waals surface area contributed by atoms with Gasteiger partial charge in [-0.2, -0.15) is 24.7 Å². The second kappa shape index (κ2) is 18.1. The van der Waals surface area contributed by atoms with Gasteiger partial charge in [-0.1, -0.05) is 0 Å². The number of hydrogen-bond acceptors (Lipinski definition) is 21. The van der Waals surface area contributed by atoms with Crippen LogP contribution in [0.2, 0.25) is 0 Å². The Morgan fingerprint density at radius 2 is 1.17 bits per heavy atom.